The van der Waals surface area contributed by atoms with Crippen molar-refractivity contribution in [1.29, 1.82) is 0 Å². The van der Waals surface area contributed by atoms with Crippen LogP contribution in [0.15, 0.2) is 126 Å². The second kappa shape index (κ2) is 20.2. The summed E-state index contributed by atoms with van der Waals surface area (Å²) >= 11 is 0. The van der Waals surface area contributed by atoms with E-state index in [0.717, 1.165) is 79.9 Å². The average Bonchev–Trinajstić information content (AvgIpc) is 3.55. The maximum absolute atomic E-state index is 13.8. The van der Waals surface area contributed by atoms with Gasteiger partial charge in [0, 0.05) is 49.9 Å². The molecule has 0 atom stereocenters. The molecule has 10 heteroatoms. The Morgan fingerprint density at radius 1 is 0.855 bits per heavy atom. The highest BCUT2D eigenvalue weighted by atomic mass is 19.1. The number of nitrogens with zero attached hydrogens (tertiary/aromatic N) is 6. The first-order valence-corrected chi connectivity index (χ1v) is 19.8. The van der Waals surface area contributed by atoms with Crippen LogP contribution in [0.3, 0.4) is 0 Å². The number of allylic oxidation sites excluding steroid dienone is 9. The van der Waals surface area contributed by atoms with Crippen LogP contribution in [0.4, 0.5) is 16.3 Å². The lowest BCUT2D eigenvalue weighted by Crippen LogP contribution is -2.47. The zero-order valence-electron chi connectivity index (χ0n) is 31.9. The molecule has 2 aliphatic rings. The third-order valence-electron chi connectivity index (χ3n) is 10.0. The number of anilines is 2. The number of fused-ring (bicyclic) bond motifs is 2. The summed E-state index contributed by atoms with van der Waals surface area (Å²) in [7, 11) is 0. The fourth-order valence-electron chi connectivity index (χ4n) is 7.13. The Balaban J connectivity index is 1.21. The molecule has 0 radical (unpaired) electrons. The minimum absolute atomic E-state index is 0.0336. The smallest absolute Gasteiger partial charge is 0.307 e. The van der Waals surface area contributed by atoms with Gasteiger partial charge in [-0.2, -0.15) is 0 Å². The van der Waals surface area contributed by atoms with Crippen molar-refractivity contribution in [2.45, 2.75) is 96.9 Å². The lowest BCUT2D eigenvalue weighted by Gasteiger charge is -2.41. The van der Waals surface area contributed by atoms with Gasteiger partial charge in [0.05, 0.1) is 17.6 Å². The summed E-state index contributed by atoms with van der Waals surface area (Å²) in [6.07, 6.45) is 30.3. The Labute approximate surface area is 323 Å². The van der Waals surface area contributed by atoms with E-state index in [0.29, 0.717) is 31.8 Å². The second-order valence-electron chi connectivity index (χ2n) is 14.0. The largest absolute Gasteiger partial charge is 0.444 e. The van der Waals surface area contributed by atoms with E-state index in [4.69, 9.17) is 14.7 Å². The zero-order valence-corrected chi connectivity index (χ0v) is 31.9. The molecular formula is C45H53FN6O3. The molecule has 1 saturated heterocycles. The predicted octanol–water partition coefficient (Wildman–Crippen LogP) is 9.41. The topological polar surface area (TPSA) is 85.5 Å². The summed E-state index contributed by atoms with van der Waals surface area (Å²) in [6, 6.07) is 16.2. The van der Waals surface area contributed by atoms with Crippen molar-refractivity contribution in [2.24, 2.45) is 0 Å². The van der Waals surface area contributed by atoms with E-state index >= 15 is 0 Å². The first-order chi connectivity index (χ1) is 27.0. The van der Waals surface area contributed by atoms with Gasteiger partial charge in [-0.3, -0.25) is 9.59 Å². The van der Waals surface area contributed by atoms with Gasteiger partial charge >= 0.3 is 5.97 Å². The van der Waals surface area contributed by atoms with Crippen LogP contribution < -0.4 is 15.4 Å². The molecule has 0 unspecified atom stereocenters. The molecule has 2 aromatic carbocycles. The number of esters is 1. The van der Waals surface area contributed by atoms with Crippen molar-refractivity contribution in [1.82, 2.24) is 19.1 Å². The van der Waals surface area contributed by atoms with Gasteiger partial charge in [-0.05, 0) is 81.2 Å². The van der Waals surface area contributed by atoms with Crippen molar-refractivity contribution < 1.29 is 13.9 Å². The highest BCUT2D eigenvalue weighted by molar-refractivity contribution is 5.79. The van der Waals surface area contributed by atoms with Gasteiger partial charge in [-0.15, -0.1) is 0 Å². The molecule has 0 amide bonds. The van der Waals surface area contributed by atoms with Crippen molar-refractivity contribution in [3.8, 4) is 0 Å². The number of piperidine rings is 1. The Hall–Kier alpha value is -5.51. The number of halogens is 1. The van der Waals surface area contributed by atoms with E-state index in [-0.39, 0.29) is 36.5 Å². The SMILES string of the molecule is CCC/C=C\C/C=C\C/C=C\C/C=C\C/C1=C\CCCC(=O)OCn2c(nccc2=O)N1C1CCN(c2nc3ccccc3n2Cc2ccc(F)cc2)CC1. The number of cyclic esters (lactones) is 1. The van der Waals surface area contributed by atoms with Crippen molar-refractivity contribution in [3.63, 3.8) is 0 Å². The highest BCUT2D eigenvalue weighted by Gasteiger charge is 2.32. The number of carbonyl (C=O) groups excluding carboxylic acids is 1. The van der Waals surface area contributed by atoms with Crippen LogP contribution in [0.5, 0.6) is 0 Å². The summed E-state index contributed by atoms with van der Waals surface area (Å²) in [5.74, 6) is 0.792. The van der Waals surface area contributed by atoms with Crippen LogP contribution in [0.2, 0.25) is 0 Å². The number of benzene rings is 2. The van der Waals surface area contributed by atoms with Crippen LogP contribution in [0.1, 0.15) is 83.1 Å². The van der Waals surface area contributed by atoms with Gasteiger partial charge < -0.3 is 19.1 Å². The van der Waals surface area contributed by atoms with Crippen LogP contribution >= 0.6 is 0 Å². The molecule has 0 spiro atoms. The fourth-order valence-corrected chi connectivity index (χ4v) is 7.13. The maximum atomic E-state index is 13.8. The van der Waals surface area contributed by atoms with Gasteiger partial charge in [-0.25, -0.2) is 18.9 Å². The van der Waals surface area contributed by atoms with Gasteiger partial charge in [0.1, 0.15) is 5.82 Å². The number of rotatable bonds is 14. The van der Waals surface area contributed by atoms with Crippen molar-refractivity contribution in [2.75, 3.05) is 22.9 Å². The first kappa shape index (κ1) is 39.2. The molecule has 2 aromatic heterocycles. The summed E-state index contributed by atoms with van der Waals surface area (Å²) in [5.41, 5.74) is 3.74. The fraction of sp³-hybridized carbons (Fsp3) is 0.378. The summed E-state index contributed by atoms with van der Waals surface area (Å²) in [4.78, 5) is 40.2. The molecule has 6 rings (SSSR count). The van der Waals surface area contributed by atoms with E-state index in [1.807, 2.05) is 30.3 Å². The number of imidazole rings is 1. The number of hydrogen-bond donors (Lipinski definition) is 0. The molecule has 9 nitrogen and oxygen atoms in total. The van der Waals surface area contributed by atoms with Gasteiger partial charge in [-0.1, -0.05) is 92.3 Å². The van der Waals surface area contributed by atoms with E-state index in [1.54, 1.807) is 6.20 Å². The van der Waals surface area contributed by atoms with E-state index in [2.05, 4.69) is 82.0 Å². The second-order valence-corrected chi connectivity index (χ2v) is 14.0. The standard InChI is InChI=1S/C45H53FN6O3/c1-2-3-4-5-6-7-8-9-10-11-12-13-14-19-38-20-15-18-23-43(54)55-35-51-42(53)28-31-47-44(51)52(38)39-29-32-49(33-30-39)45-48-40-21-16-17-22-41(40)50(45)34-36-24-26-37(46)27-25-36/h4-5,7-8,10-11,13-14,16-17,20-22,24-28,31,39H,2-3,6,9,12,15,18-19,23,29-30,32-35H2,1H3/b5-4-,8-7-,11-10-,14-13-,38-20+. The monoisotopic (exact) mass is 744 g/mol. The minimum Gasteiger partial charge on any atom is -0.444 e. The quantitative estimate of drug-likeness (QED) is 0.0940. The minimum atomic E-state index is -0.323. The number of unbranched alkanes of at least 4 members (excludes halogenated alkanes) is 1. The van der Waals surface area contributed by atoms with Gasteiger partial charge in [0.25, 0.3) is 5.56 Å². The van der Waals surface area contributed by atoms with Crippen LogP contribution in [-0.2, 0) is 22.8 Å². The molecular weight excluding hydrogens is 692 g/mol. The zero-order chi connectivity index (χ0) is 38.2. The lowest BCUT2D eigenvalue weighted by atomic mass is 10.0. The Bertz CT molecular complexity index is 2070. The Morgan fingerprint density at radius 2 is 1.56 bits per heavy atom. The molecule has 0 aliphatic carbocycles. The van der Waals surface area contributed by atoms with E-state index in [9.17, 15) is 14.0 Å². The normalized spacial score (nSPS) is 17.3. The summed E-state index contributed by atoms with van der Waals surface area (Å²) < 4.78 is 23.0. The third kappa shape index (κ3) is 10.8. The van der Waals surface area contributed by atoms with Crippen LogP contribution in [-0.4, -0.2) is 44.2 Å². The molecule has 4 heterocycles. The van der Waals surface area contributed by atoms with Crippen molar-refractivity contribution >= 4 is 28.9 Å². The molecule has 0 saturated carbocycles. The maximum Gasteiger partial charge on any atom is 0.307 e. The number of carbonyl (C=O) groups is 1. The number of ether oxygens (including phenoxy) is 1. The number of hydrogen-bond acceptors (Lipinski definition) is 7. The average molecular weight is 745 g/mol. The van der Waals surface area contributed by atoms with Crippen LogP contribution in [0, 0.1) is 5.82 Å². The number of para-hydroxylation sites is 2. The van der Waals surface area contributed by atoms with Gasteiger partial charge in [0.2, 0.25) is 11.9 Å². The molecule has 2 aliphatic heterocycles. The summed E-state index contributed by atoms with van der Waals surface area (Å²) in [5, 5.41) is 0. The van der Waals surface area contributed by atoms with Crippen molar-refractivity contribution in [3.05, 3.63) is 143 Å². The van der Waals surface area contributed by atoms with Crippen LogP contribution in [0.25, 0.3) is 11.0 Å². The number of aromatic nitrogens is 4. The molecule has 4 aromatic rings. The molecule has 0 bridgehead atoms. The van der Waals surface area contributed by atoms with E-state index < -0.39 is 0 Å². The molecule has 55 heavy (non-hydrogen) atoms. The first-order valence-electron chi connectivity index (χ1n) is 19.8. The summed E-state index contributed by atoms with van der Waals surface area (Å²) in [6.45, 7) is 4.05. The van der Waals surface area contributed by atoms with Gasteiger partial charge in [0.15, 0.2) is 6.73 Å². The molecule has 288 valence electrons. The molecule has 0 N–H and O–H groups in total. The highest BCUT2D eigenvalue weighted by Crippen LogP contribution is 2.32. The third-order valence-corrected chi connectivity index (χ3v) is 10.0. The lowest BCUT2D eigenvalue weighted by molar-refractivity contribution is -0.147. The Morgan fingerprint density at radius 3 is 2.31 bits per heavy atom. The van der Waals surface area contributed by atoms with E-state index in [1.165, 1.54) is 29.2 Å². The molecule has 1 fully saturated rings. The predicted molar refractivity (Wildman–Crippen MR) is 219 cm³/mol. The Kier molecular flexibility index (Phi) is 14.4.